The molecule has 1 N–H and O–H groups in total. The van der Waals surface area contributed by atoms with Crippen LogP contribution in [0.25, 0.3) is 0 Å². The van der Waals surface area contributed by atoms with E-state index in [1.807, 2.05) is 0 Å². The molecular formula is C12H16O5S. The van der Waals surface area contributed by atoms with Gasteiger partial charge in [0.15, 0.2) is 0 Å². The molecule has 0 bridgehead atoms. The Bertz CT molecular complexity index is 444. The second kappa shape index (κ2) is 7.13. The number of benzene rings is 1. The number of aliphatic hydroxyl groups excluding tert-OH is 1. The zero-order valence-corrected chi connectivity index (χ0v) is 11.2. The van der Waals surface area contributed by atoms with Gasteiger partial charge in [-0.2, -0.15) is 0 Å². The minimum Gasteiger partial charge on any atom is -0.496 e. The zero-order valence-electron chi connectivity index (χ0n) is 10.3. The molecule has 0 aromatic heterocycles. The Morgan fingerprint density at radius 2 is 2.17 bits per heavy atom. The molecule has 0 unspecified atom stereocenters. The van der Waals surface area contributed by atoms with Crippen LogP contribution in [0.5, 0.6) is 5.75 Å². The number of aliphatic hydroxyl groups is 1. The van der Waals surface area contributed by atoms with E-state index in [1.54, 1.807) is 25.1 Å². The van der Waals surface area contributed by atoms with Gasteiger partial charge in [-0.1, -0.05) is 6.07 Å². The SMILES string of the molecule is CCOC(=O)C[S@@](=O)c1ccc(CO)c(OC)c1. The predicted octanol–water partition coefficient (Wildman–Crippen LogP) is 0.858. The number of carbonyl (C=O) groups is 1. The molecule has 0 radical (unpaired) electrons. The topological polar surface area (TPSA) is 72.8 Å². The Labute approximate surface area is 108 Å². The van der Waals surface area contributed by atoms with Crippen molar-refractivity contribution in [1.29, 1.82) is 0 Å². The van der Waals surface area contributed by atoms with Crippen LogP contribution < -0.4 is 4.74 Å². The summed E-state index contributed by atoms with van der Waals surface area (Å²) >= 11 is 0. The molecule has 0 fully saturated rings. The fraction of sp³-hybridized carbons (Fsp3) is 0.417. The first-order valence-electron chi connectivity index (χ1n) is 5.44. The number of esters is 1. The molecule has 1 aromatic rings. The number of hydrogen-bond donors (Lipinski definition) is 1. The molecule has 0 aliphatic rings. The van der Waals surface area contributed by atoms with Crippen molar-refractivity contribution < 1.29 is 23.6 Å². The summed E-state index contributed by atoms with van der Waals surface area (Å²) in [6.45, 7) is 1.80. The highest BCUT2D eigenvalue weighted by atomic mass is 32.2. The molecule has 0 saturated heterocycles. The van der Waals surface area contributed by atoms with Crippen LogP contribution in [-0.2, 0) is 26.9 Å². The predicted molar refractivity (Wildman–Crippen MR) is 66.8 cm³/mol. The normalized spacial score (nSPS) is 11.9. The average molecular weight is 272 g/mol. The van der Waals surface area contributed by atoms with Gasteiger partial charge in [-0.05, 0) is 19.1 Å². The zero-order chi connectivity index (χ0) is 13.5. The van der Waals surface area contributed by atoms with Crippen molar-refractivity contribution in [3.63, 3.8) is 0 Å². The first kappa shape index (κ1) is 14.7. The van der Waals surface area contributed by atoms with Crippen LogP contribution in [0.3, 0.4) is 0 Å². The van der Waals surface area contributed by atoms with Gasteiger partial charge in [-0.3, -0.25) is 9.00 Å². The fourth-order valence-corrected chi connectivity index (χ4v) is 2.31. The van der Waals surface area contributed by atoms with E-state index in [0.717, 1.165) is 0 Å². The fourth-order valence-electron chi connectivity index (χ4n) is 1.39. The van der Waals surface area contributed by atoms with Gasteiger partial charge in [-0.25, -0.2) is 0 Å². The van der Waals surface area contributed by atoms with E-state index in [4.69, 9.17) is 14.6 Å². The van der Waals surface area contributed by atoms with Gasteiger partial charge in [0.25, 0.3) is 0 Å². The molecule has 0 heterocycles. The lowest BCUT2D eigenvalue weighted by Crippen LogP contribution is -2.14. The standard InChI is InChI=1S/C12H16O5S/c1-3-17-12(14)8-18(15)10-5-4-9(7-13)11(6-10)16-2/h4-6,13H,3,7-8H2,1-2H3/t18-/m1/s1. The smallest absolute Gasteiger partial charge is 0.318 e. The molecule has 5 nitrogen and oxygen atoms in total. The number of hydrogen-bond acceptors (Lipinski definition) is 5. The molecule has 0 amide bonds. The van der Waals surface area contributed by atoms with Crippen molar-refractivity contribution in [3.8, 4) is 5.75 Å². The van der Waals surface area contributed by atoms with Gasteiger partial charge in [-0.15, -0.1) is 0 Å². The lowest BCUT2D eigenvalue weighted by atomic mass is 10.2. The van der Waals surface area contributed by atoms with Crippen LogP contribution in [0.1, 0.15) is 12.5 Å². The highest BCUT2D eigenvalue weighted by Crippen LogP contribution is 2.22. The Morgan fingerprint density at radius 3 is 2.72 bits per heavy atom. The summed E-state index contributed by atoms with van der Waals surface area (Å²) in [6.07, 6.45) is 0. The first-order chi connectivity index (χ1) is 8.62. The summed E-state index contributed by atoms with van der Waals surface area (Å²) in [6, 6.07) is 4.78. The van der Waals surface area contributed by atoms with E-state index in [0.29, 0.717) is 16.2 Å². The third kappa shape index (κ3) is 3.82. The maximum Gasteiger partial charge on any atom is 0.318 e. The maximum atomic E-state index is 11.9. The van der Waals surface area contributed by atoms with E-state index in [-0.39, 0.29) is 19.0 Å². The number of ether oxygens (including phenoxy) is 2. The van der Waals surface area contributed by atoms with E-state index in [9.17, 15) is 9.00 Å². The number of methoxy groups -OCH3 is 1. The van der Waals surface area contributed by atoms with Crippen LogP contribution >= 0.6 is 0 Å². The Morgan fingerprint density at radius 1 is 1.44 bits per heavy atom. The highest BCUT2D eigenvalue weighted by molar-refractivity contribution is 7.85. The summed E-state index contributed by atoms with van der Waals surface area (Å²) in [5.41, 5.74) is 0.606. The maximum absolute atomic E-state index is 11.9. The Kier molecular flexibility index (Phi) is 5.80. The Hall–Kier alpha value is -1.40. The van der Waals surface area contributed by atoms with Crippen LogP contribution in [-0.4, -0.2) is 34.8 Å². The largest absolute Gasteiger partial charge is 0.496 e. The summed E-state index contributed by atoms with van der Waals surface area (Å²) in [7, 11) is -0.00847. The molecule has 6 heteroatoms. The highest BCUT2D eigenvalue weighted by Gasteiger charge is 2.13. The number of carbonyl (C=O) groups excluding carboxylic acids is 1. The van der Waals surface area contributed by atoms with Crippen LogP contribution in [0.2, 0.25) is 0 Å². The quantitative estimate of drug-likeness (QED) is 0.777. The van der Waals surface area contributed by atoms with Crippen molar-refractivity contribution in [1.82, 2.24) is 0 Å². The van der Waals surface area contributed by atoms with E-state index in [1.165, 1.54) is 7.11 Å². The second-order valence-electron chi connectivity index (χ2n) is 3.43. The van der Waals surface area contributed by atoms with Gasteiger partial charge >= 0.3 is 5.97 Å². The van der Waals surface area contributed by atoms with Gasteiger partial charge in [0.05, 0.1) is 31.1 Å². The first-order valence-corrected chi connectivity index (χ1v) is 6.76. The van der Waals surface area contributed by atoms with E-state index in [2.05, 4.69) is 0 Å². The summed E-state index contributed by atoms with van der Waals surface area (Å²) in [5, 5.41) is 9.06. The van der Waals surface area contributed by atoms with Crippen molar-refractivity contribution >= 4 is 16.8 Å². The second-order valence-corrected chi connectivity index (χ2v) is 4.88. The average Bonchev–Trinajstić information content (AvgIpc) is 2.38. The van der Waals surface area contributed by atoms with Crippen LogP contribution in [0.4, 0.5) is 0 Å². The molecule has 0 saturated carbocycles. The summed E-state index contributed by atoms with van der Waals surface area (Å²) in [4.78, 5) is 11.7. The Balaban J connectivity index is 2.83. The lowest BCUT2D eigenvalue weighted by molar-refractivity contribution is -0.139. The minimum atomic E-state index is -1.47. The van der Waals surface area contributed by atoms with Crippen LogP contribution in [0.15, 0.2) is 23.1 Å². The molecule has 18 heavy (non-hydrogen) atoms. The molecule has 1 atom stereocenters. The van der Waals surface area contributed by atoms with Crippen molar-refractivity contribution in [2.75, 3.05) is 19.5 Å². The van der Waals surface area contributed by atoms with E-state index < -0.39 is 16.8 Å². The van der Waals surface area contributed by atoms with Crippen molar-refractivity contribution in [2.45, 2.75) is 18.4 Å². The monoisotopic (exact) mass is 272 g/mol. The van der Waals surface area contributed by atoms with E-state index >= 15 is 0 Å². The summed E-state index contributed by atoms with van der Waals surface area (Å²) < 4.78 is 21.7. The summed E-state index contributed by atoms with van der Waals surface area (Å²) in [5.74, 6) is -0.233. The van der Waals surface area contributed by atoms with Crippen molar-refractivity contribution in [2.24, 2.45) is 0 Å². The molecule has 1 aromatic carbocycles. The van der Waals surface area contributed by atoms with Gasteiger partial charge in [0.1, 0.15) is 11.5 Å². The third-order valence-electron chi connectivity index (χ3n) is 2.25. The lowest BCUT2D eigenvalue weighted by Gasteiger charge is -2.08. The van der Waals surface area contributed by atoms with Gasteiger partial charge in [0.2, 0.25) is 0 Å². The molecule has 0 aliphatic carbocycles. The molecule has 100 valence electrons. The molecular weight excluding hydrogens is 256 g/mol. The third-order valence-corrected chi connectivity index (χ3v) is 3.52. The molecule has 0 aliphatic heterocycles. The van der Waals surface area contributed by atoms with Gasteiger partial charge < -0.3 is 14.6 Å². The molecule has 0 spiro atoms. The minimum absolute atomic E-state index is 0.159. The number of rotatable bonds is 6. The van der Waals surface area contributed by atoms with Gasteiger partial charge in [0, 0.05) is 10.5 Å². The molecule has 1 rings (SSSR count). The van der Waals surface area contributed by atoms with Crippen molar-refractivity contribution in [3.05, 3.63) is 23.8 Å². The van der Waals surface area contributed by atoms with Crippen LogP contribution in [0, 0.1) is 0 Å².